The number of benzene rings is 2. The van der Waals surface area contributed by atoms with Crippen LogP contribution in [0.4, 0.5) is 0 Å². The largest absolute Gasteiger partial charge is 0.273 e. The third-order valence-corrected chi connectivity index (χ3v) is 4.85. The van der Waals surface area contributed by atoms with Gasteiger partial charge in [0.15, 0.2) is 0 Å². The van der Waals surface area contributed by atoms with Crippen LogP contribution < -0.4 is 0 Å². The molecule has 0 unspecified atom stereocenters. The van der Waals surface area contributed by atoms with Crippen LogP contribution in [0.15, 0.2) is 59.1 Å². The summed E-state index contributed by atoms with van der Waals surface area (Å²) in [5.74, 6) is -0.325. The third-order valence-electron chi connectivity index (χ3n) is 4.16. The maximum Gasteiger partial charge on any atom is 0.261 e. The molecule has 0 atom stereocenters. The van der Waals surface area contributed by atoms with E-state index in [1.165, 1.54) is 4.90 Å². The third kappa shape index (κ3) is 1.87. The van der Waals surface area contributed by atoms with Crippen molar-refractivity contribution in [2.45, 2.75) is 0 Å². The smallest absolute Gasteiger partial charge is 0.261 e. The van der Waals surface area contributed by atoms with Gasteiger partial charge in [0.1, 0.15) is 0 Å². The standard InChI is InChI=1S/C18H12BrNO2/c19-15-9-8-14-16-12(15)6-3-7-13(16)17(21)20(18(14)22)10-11-4-1-2-5-11/h1-9,11H,10H2. The predicted molar refractivity (Wildman–Crippen MR) is 88.8 cm³/mol. The van der Waals surface area contributed by atoms with E-state index in [0.29, 0.717) is 17.7 Å². The van der Waals surface area contributed by atoms with Crippen molar-refractivity contribution in [1.29, 1.82) is 0 Å². The van der Waals surface area contributed by atoms with E-state index in [4.69, 9.17) is 0 Å². The van der Waals surface area contributed by atoms with Gasteiger partial charge in [-0.15, -0.1) is 0 Å². The first kappa shape index (κ1) is 13.5. The Labute approximate surface area is 136 Å². The molecule has 0 spiro atoms. The second-order valence-corrected chi connectivity index (χ2v) is 6.33. The number of carbonyl (C=O) groups is 2. The van der Waals surface area contributed by atoms with Gasteiger partial charge in [-0.25, -0.2) is 0 Å². The summed E-state index contributed by atoms with van der Waals surface area (Å²) in [6.45, 7) is 0.385. The number of carbonyl (C=O) groups excluding carboxylic acids is 2. The summed E-state index contributed by atoms with van der Waals surface area (Å²) >= 11 is 3.49. The number of rotatable bonds is 2. The highest BCUT2D eigenvalue weighted by Crippen LogP contribution is 2.34. The van der Waals surface area contributed by atoms with E-state index < -0.39 is 0 Å². The Kier molecular flexibility index (Phi) is 3.01. The molecular weight excluding hydrogens is 342 g/mol. The minimum absolute atomic E-state index is 0.101. The molecule has 4 rings (SSSR count). The van der Waals surface area contributed by atoms with Crippen LogP contribution in [0.1, 0.15) is 20.7 Å². The molecule has 4 heteroatoms. The molecule has 2 aromatic carbocycles. The zero-order valence-corrected chi connectivity index (χ0v) is 13.2. The number of nitrogens with zero attached hydrogens (tertiary/aromatic N) is 1. The maximum atomic E-state index is 12.8. The topological polar surface area (TPSA) is 37.4 Å². The molecule has 3 nitrogen and oxygen atoms in total. The Balaban J connectivity index is 1.87. The highest BCUT2D eigenvalue weighted by atomic mass is 79.9. The summed E-state index contributed by atoms with van der Waals surface area (Å²) in [5.41, 5.74) is 1.19. The molecule has 108 valence electrons. The van der Waals surface area contributed by atoms with E-state index in [1.54, 1.807) is 12.1 Å². The van der Waals surface area contributed by atoms with Gasteiger partial charge in [0, 0.05) is 33.4 Å². The van der Waals surface area contributed by atoms with Crippen molar-refractivity contribution in [3.63, 3.8) is 0 Å². The van der Waals surface area contributed by atoms with Gasteiger partial charge in [-0.1, -0.05) is 52.4 Å². The lowest BCUT2D eigenvalue weighted by molar-refractivity contribution is 0.0602. The summed E-state index contributed by atoms with van der Waals surface area (Å²) in [6, 6.07) is 9.22. The highest BCUT2D eigenvalue weighted by molar-refractivity contribution is 9.10. The lowest BCUT2D eigenvalue weighted by Gasteiger charge is -2.28. The number of hydrogen-bond donors (Lipinski definition) is 0. The molecular formula is C18H12BrNO2. The molecule has 2 aliphatic rings. The van der Waals surface area contributed by atoms with Gasteiger partial charge in [-0.05, 0) is 23.6 Å². The van der Waals surface area contributed by atoms with Crippen molar-refractivity contribution in [3.05, 3.63) is 70.2 Å². The SMILES string of the molecule is O=C1c2cccc3c(Br)ccc(c23)C(=O)N1CC1C=CC=C1. The molecule has 1 aliphatic heterocycles. The van der Waals surface area contributed by atoms with Crippen molar-refractivity contribution < 1.29 is 9.59 Å². The lowest BCUT2D eigenvalue weighted by atomic mass is 9.93. The summed E-state index contributed by atoms with van der Waals surface area (Å²) < 4.78 is 0.892. The first-order valence-corrected chi connectivity index (χ1v) is 7.88. The van der Waals surface area contributed by atoms with Crippen LogP contribution in [-0.2, 0) is 0 Å². The van der Waals surface area contributed by atoms with Gasteiger partial charge in [0.05, 0.1) is 0 Å². The van der Waals surface area contributed by atoms with E-state index in [9.17, 15) is 9.59 Å². The number of allylic oxidation sites excluding steroid dienone is 2. The van der Waals surface area contributed by atoms with Crippen LogP contribution in [0, 0.1) is 5.92 Å². The Bertz CT molecular complexity index is 848. The summed E-state index contributed by atoms with van der Waals surface area (Å²) in [7, 11) is 0. The zero-order valence-electron chi connectivity index (χ0n) is 11.6. The normalized spacial score (nSPS) is 17.0. The van der Waals surface area contributed by atoms with E-state index in [0.717, 1.165) is 15.2 Å². The van der Waals surface area contributed by atoms with Gasteiger partial charge in [-0.2, -0.15) is 0 Å². The van der Waals surface area contributed by atoms with Crippen molar-refractivity contribution >= 4 is 38.5 Å². The van der Waals surface area contributed by atoms with Crippen LogP contribution in [0.3, 0.4) is 0 Å². The van der Waals surface area contributed by atoms with Gasteiger partial charge < -0.3 is 0 Å². The Hall–Kier alpha value is -2.20. The average Bonchev–Trinajstić information content (AvgIpc) is 3.03. The monoisotopic (exact) mass is 353 g/mol. The van der Waals surface area contributed by atoms with E-state index >= 15 is 0 Å². The molecule has 0 fully saturated rings. The van der Waals surface area contributed by atoms with E-state index in [2.05, 4.69) is 15.9 Å². The zero-order chi connectivity index (χ0) is 15.3. The van der Waals surface area contributed by atoms with E-state index in [1.807, 2.05) is 42.5 Å². The molecule has 1 aliphatic carbocycles. The highest BCUT2D eigenvalue weighted by Gasteiger charge is 2.33. The predicted octanol–water partition coefficient (Wildman–Crippen LogP) is 3.94. The molecule has 2 aromatic rings. The lowest BCUT2D eigenvalue weighted by Crippen LogP contribution is -2.42. The Morgan fingerprint density at radius 3 is 2.36 bits per heavy atom. The molecule has 22 heavy (non-hydrogen) atoms. The minimum atomic E-state index is -0.213. The quantitative estimate of drug-likeness (QED) is 0.766. The first-order valence-electron chi connectivity index (χ1n) is 7.09. The molecule has 0 bridgehead atoms. The van der Waals surface area contributed by atoms with Crippen molar-refractivity contribution in [3.8, 4) is 0 Å². The molecule has 0 radical (unpaired) electrons. The molecule has 0 saturated carbocycles. The van der Waals surface area contributed by atoms with Crippen molar-refractivity contribution in [2.24, 2.45) is 5.92 Å². The minimum Gasteiger partial charge on any atom is -0.273 e. The Morgan fingerprint density at radius 1 is 0.955 bits per heavy atom. The Morgan fingerprint density at radius 2 is 1.64 bits per heavy atom. The molecule has 0 N–H and O–H groups in total. The summed E-state index contributed by atoms with van der Waals surface area (Å²) in [4.78, 5) is 26.9. The molecule has 0 aromatic heterocycles. The second-order valence-electron chi connectivity index (χ2n) is 5.48. The number of halogens is 1. The maximum absolute atomic E-state index is 12.8. The first-order chi connectivity index (χ1) is 10.7. The fraction of sp³-hybridized carbons (Fsp3) is 0.111. The van der Waals surface area contributed by atoms with Gasteiger partial charge in [0.25, 0.3) is 11.8 Å². The van der Waals surface area contributed by atoms with E-state index in [-0.39, 0.29) is 17.7 Å². The van der Waals surface area contributed by atoms with Crippen LogP contribution in [0.25, 0.3) is 10.8 Å². The second kappa shape index (κ2) is 4.92. The van der Waals surface area contributed by atoms with Crippen LogP contribution >= 0.6 is 15.9 Å². The fourth-order valence-corrected chi connectivity index (χ4v) is 3.55. The number of hydrogen-bond acceptors (Lipinski definition) is 2. The van der Waals surface area contributed by atoms with Crippen molar-refractivity contribution in [1.82, 2.24) is 4.90 Å². The number of imide groups is 1. The summed E-state index contributed by atoms with van der Waals surface area (Å²) in [5, 5.41) is 1.65. The van der Waals surface area contributed by atoms with Crippen molar-refractivity contribution in [2.75, 3.05) is 6.54 Å². The van der Waals surface area contributed by atoms with Gasteiger partial charge in [0.2, 0.25) is 0 Å². The van der Waals surface area contributed by atoms with Crippen LogP contribution in [0.5, 0.6) is 0 Å². The van der Waals surface area contributed by atoms with Gasteiger partial charge in [-0.3, -0.25) is 14.5 Å². The fourth-order valence-electron chi connectivity index (χ4n) is 3.09. The molecule has 0 saturated heterocycles. The van der Waals surface area contributed by atoms with Crippen LogP contribution in [-0.4, -0.2) is 23.3 Å². The summed E-state index contributed by atoms with van der Waals surface area (Å²) in [6.07, 6.45) is 7.88. The molecule has 1 heterocycles. The average molecular weight is 354 g/mol. The number of amides is 2. The molecule has 2 amide bonds. The van der Waals surface area contributed by atoms with Crippen LogP contribution in [0.2, 0.25) is 0 Å². The van der Waals surface area contributed by atoms with Gasteiger partial charge >= 0.3 is 0 Å².